The molecule has 2 amide bonds. The lowest BCUT2D eigenvalue weighted by Gasteiger charge is -2.36. The summed E-state index contributed by atoms with van der Waals surface area (Å²) in [7, 11) is 0. The van der Waals surface area contributed by atoms with Crippen LogP contribution in [0.2, 0.25) is 5.02 Å². The topological polar surface area (TPSA) is 69.9 Å². The van der Waals surface area contributed by atoms with Gasteiger partial charge in [0, 0.05) is 31.1 Å². The van der Waals surface area contributed by atoms with E-state index in [9.17, 15) is 9.59 Å². The minimum absolute atomic E-state index is 0.00419. The molecule has 164 valence electrons. The molecule has 0 aliphatic carbocycles. The molecule has 5 rings (SSSR count). The molecule has 3 heterocycles. The maximum atomic E-state index is 13.0. The summed E-state index contributed by atoms with van der Waals surface area (Å²) in [5, 5.41) is 0.709. The molecule has 0 unspecified atom stereocenters. The van der Waals surface area contributed by atoms with Gasteiger partial charge in [0.2, 0.25) is 11.8 Å². The molecule has 2 aliphatic rings. The number of nitrogens with zero attached hydrogens (tertiary/aromatic N) is 4. The molecule has 0 atom stereocenters. The summed E-state index contributed by atoms with van der Waals surface area (Å²) in [6.45, 7) is 2.72. The molecular weight excluding hydrogens is 448 g/mol. The van der Waals surface area contributed by atoms with E-state index < -0.39 is 0 Å². The van der Waals surface area contributed by atoms with Crippen LogP contribution in [0.4, 0.5) is 11.4 Å². The molecule has 1 saturated heterocycles. The second-order valence-corrected chi connectivity index (χ2v) is 9.02. The Hall–Kier alpha value is -2.97. The van der Waals surface area contributed by atoms with E-state index in [-0.39, 0.29) is 24.1 Å². The summed E-state index contributed by atoms with van der Waals surface area (Å²) in [4.78, 5) is 36.5. The Bertz CT molecular complexity index is 1160. The Balaban J connectivity index is 1.24. The lowest BCUT2D eigenvalue weighted by molar-refractivity contribution is -0.116. The van der Waals surface area contributed by atoms with Gasteiger partial charge in [-0.25, -0.2) is 4.98 Å². The molecule has 7 nitrogen and oxygen atoms in total. The number of hydrogen-bond donors (Lipinski definition) is 0. The van der Waals surface area contributed by atoms with Gasteiger partial charge in [0.1, 0.15) is 12.8 Å². The third-order valence-corrected chi connectivity index (χ3v) is 7.00. The van der Waals surface area contributed by atoms with Gasteiger partial charge in [0.25, 0.3) is 5.91 Å². The maximum absolute atomic E-state index is 13.0. The Kier molecular flexibility index (Phi) is 5.80. The number of amides is 2. The van der Waals surface area contributed by atoms with Gasteiger partial charge in [0.15, 0.2) is 5.69 Å². The van der Waals surface area contributed by atoms with Crippen molar-refractivity contribution in [2.75, 3.05) is 41.7 Å². The van der Waals surface area contributed by atoms with E-state index >= 15 is 0 Å². The maximum Gasteiger partial charge on any atom is 0.275 e. The molecule has 9 heteroatoms. The van der Waals surface area contributed by atoms with Crippen LogP contribution >= 0.6 is 23.4 Å². The Morgan fingerprint density at radius 2 is 1.75 bits per heavy atom. The third kappa shape index (κ3) is 4.08. The van der Waals surface area contributed by atoms with E-state index in [2.05, 4.69) is 9.88 Å². The van der Waals surface area contributed by atoms with Crippen LogP contribution < -0.4 is 9.80 Å². The highest BCUT2D eigenvalue weighted by atomic mass is 35.5. The summed E-state index contributed by atoms with van der Waals surface area (Å²) in [5.41, 5.74) is 2.09. The normalized spacial score (nSPS) is 16.3. The molecule has 2 aromatic carbocycles. The molecule has 0 bridgehead atoms. The number of para-hydroxylation sites is 2. The molecule has 32 heavy (non-hydrogen) atoms. The highest BCUT2D eigenvalue weighted by Gasteiger charge is 2.28. The summed E-state index contributed by atoms with van der Waals surface area (Å²) in [6, 6.07) is 15.5. The predicted molar refractivity (Wildman–Crippen MR) is 124 cm³/mol. The number of oxazole rings is 1. The van der Waals surface area contributed by atoms with E-state index in [1.54, 1.807) is 9.80 Å². The highest BCUT2D eigenvalue weighted by Crippen LogP contribution is 2.35. The quantitative estimate of drug-likeness (QED) is 0.578. The van der Waals surface area contributed by atoms with Crippen LogP contribution in [0, 0.1) is 0 Å². The van der Waals surface area contributed by atoms with Gasteiger partial charge in [-0.1, -0.05) is 35.9 Å². The number of anilines is 2. The fourth-order valence-electron chi connectivity index (χ4n) is 3.96. The molecule has 0 spiro atoms. The van der Waals surface area contributed by atoms with Crippen molar-refractivity contribution in [1.82, 2.24) is 9.88 Å². The van der Waals surface area contributed by atoms with Crippen molar-refractivity contribution in [2.45, 2.75) is 11.4 Å². The lowest BCUT2D eigenvalue weighted by Crippen LogP contribution is -2.49. The van der Waals surface area contributed by atoms with E-state index in [4.69, 9.17) is 16.0 Å². The number of thioether (sulfide) groups is 1. The zero-order valence-electron chi connectivity index (χ0n) is 17.2. The first kappa shape index (κ1) is 20.9. The summed E-state index contributed by atoms with van der Waals surface area (Å²) in [6.07, 6.45) is 1.38. The molecule has 0 radical (unpaired) electrons. The van der Waals surface area contributed by atoms with Crippen LogP contribution in [0.25, 0.3) is 0 Å². The lowest BCUT2D eigenvalue weighted by atomic mass is 10.2. The number of rotatable bonds is 4. The smallest absolute Gasteiger partial charge is 0.275 e. The number of hydrogen-bond acceptors (Lipinski definition) is 6. The van der Waals surface area contributed by atoms with Crippen LogP contribution in [0.5, 0.6) is 0 Å². The van der Waals surface area contributed by atoms with Crippen molar-refractivity contribution >= 4 is 46.6 Å². The summed E-state index contributed by atoms with van der Waals surface area (Å²) < 4.78 is 5.56. The second-order valence-electron chi connectivity index (χ2n) is 7.59. The number of aromatic nitrogens is 1. The van der Waals surface area contributed by atoms with E-state index in [1.165, 1.54) is 18.0 Å². The van der Waals surface area contributed by atoms with Gasteiger partial charge in [-0.3, -0.25) is 9.59 Å². The number of halogens is 1. The van der Waals surface area contributed by atoms with Gasteiger partial charge in [-0.2, -0.15) is 0 Å². The van der Waals surface area contributed by atoms with E-state index in [1.807, 2.05) is 48.5 Å². The third-order valence-electron chi connectivity index (χ3n) is 5.63. The number of piperazine rings is 1. The first-order valence-corrected chi connectivity index (χ1v) is 11.7. The summed E-state index contributed by atoms with van der Waals surface area (Å²) in [5.74, 6) is 0.549. The number of fused-ring (bicyclic) bond motifs is 1. The van der Waals surface area contributed by atoms with Crippen LogP contribution in [0.3, 0.4) is 0 Å². The van der Waals surface area contributed by atoms with Crippen molar-refractivity contribution in [2.24, 2.45) is 0 Å². The fraction of sp³-hybridized carbons (Fsp3) is 0.261. The fourth-order valence-corrected chi connectivity index (χ4v) is 5.16. The highest BCUT2D eigenvalue weighted by molar-refractivity contribution is 8.00. The number of carbonyl (C=O) groups excluding carboxylic acids is 2. The van der Waals surface area contributed by atoms with Crippen molar-refractivity contribution in [3.63, 3.8) is 0 Å². The molecular formula is C23H21ClN4O3S. The first-order valence-electron chi connectivity index (χ1n) is 10.4. The van der Waals surface area contributed by atoms with Crippen LogP contribution in [0.15, 0.2) is 64.1 Å². The zero-order valence-corrected chi connectivity index (χ0v) is 18.8. The first-order chi connectivity index (χ1) is 15.6. The van der Waals surface area contributed by atoms with Gasteiger partial charge in [-0.15, -0.1) is 11.8 Å². The van der Waals surface area contributed by atoms with Crippen LogP contribution in [-0.4, -0.2) is 53.6 Å². The molecule has 1 fully saturated rings. The summed E-state index contributed by atoms with van der Waals surface area (Å²) >= 11 is 7.83. The van der Waals surface area contributed by atoms with E-state index in [0.717, 1.165) is 16.3 Å². The minimum Gasteiger partial charge on any atom is -0.446 e. The minimum atomic E-state index is -0.167. The average Bonchev–Trinajstić information content (AvgIpc) is 3.30. The molecule has 1 aromatic heterocycles. The molecule has 3 aromatic rings. The Morgan fingerprint density at radius 1 is 1.03 bits per heavy atom. The van der Waals surface area contributed by atoms with Crippen LogP contribution in [0.1, 0.15) is 16.4 Å². The molecule has 2 aliphatic heterocycles. The standard InChI is InChI=1S/C23H21ClN4O3S/c24-16-5-1-2-6-18(16)26-9-11-27(12-10-26)23(30)17-14-31-21(25-17)13-28-19-7-3-4-8-20(19)32-15-22(28)29/h1-8,14H,9-13,15H2. The largest absolute Gasteiger partial charge is 0.446 e. The van der Waals surface area contributed by atoms with Gasteiger partial charge >= 0.3 is 0 Å². The second kappa shape index (κ2) is 8.88. The molecule has 0 saturated carbocycles. The van der Waals surface area contributed by atoms with Crippen molar-refractivity contribution in [3.05, 3.63) is 71.4 Å². The number of benzene rings is 2. The molecule has 0 N–H and O–H groups in total. The monoisotopic (exact) mass is 468 g/mol. The van der Waals surface area contributed by atoms with E-state index in [0.29, 0.717) is 42.8 Å². The van der Waals surface area contributed by atoms with Gasteiger partial charge in [-0.05, 0) is 24.3 Å². The van der Waals surface area contributed by atoms with Crippen molar-refractivity contribution in [1.29, 1.82) is 0 Å². The van der Waals surface area contributed by atoms with Gasteiger partial charge in [0.05, 0.1) is 22.2 Å². The predicted octanol–water partition coefficient (Wildman–Crippen LogP) is 3.93. The SMILES string of the molecule is O=C(c1coc(CN2C(=O)CSc3ccccc32)n1)N1CCN(c2ccccc2Cl)CC1. The van der Waals surface area contributed by atoms with Crippen LogP contribution in [-0.2, 0) is 11.3 Å². The Labute approximate surface area is 194 Å². The average molecular weight is 469 g/mol. The Morgan fingerprint density at radius 3 is 2.53 bits per heavy atom. The van der Waals surface area contributed by atoms with Gasteiger partial charge < -0.3 is 19.1 Å². The number of carbonyl (C=O) groups is 2. The van der Waals surface area contributed by atoms with Crippen molar-refractivity contribution in [3.8, 4) is 0 Å². The zero-order chi connectivity index (χ0) is 22.1. The van der Waals surface area contributed by atoms with Crippen molar-refractivity contribution < 1.29 is 14.0 Å².